The summed E-state index contributed by atoms with van der Waals surface area (Å²) in [7, 11) is 0. The number of halogens is 1. The molecule has 4 unspecified atom stereocenters. The summed E-state index contributed by atoms with van der Waals surface area (Å²) in [4.78, 5) is 48.6. The Morgan fingerprint density at radius 1 is 0.884 bits per heavy atom. The van der Waals surface area contributed by atoms with Crippen LogP contribution in [0, 0.1) is 11.8 Å². The fourth-order valence-corrected chi connectivity index (χ4v) is 8.18. The molecule has 2 amide bonds. The number of likely N-dealkylation sites (tertiary alicyclic amines) is 1. The Morgan fingerprint density at radius 2 is 1.65 bits per heavy atom. The average molecular weight is 616 g/mol. The van der Waals surface area contributed by atoms with Crippen molar-refractivity contribution in [1.82, 2.24) is 15.1 Å². The molecule has 43 heavy (non-hydrogen) atoms. The minimum Gasteiger partial charge on any atom is -0.338 e. The van der Waals surface area contributed by atoms with E-state index in [9.17, 15) is 14.4 Å². The predicted octanol–water partition coefficient (Wildman–Crippen LogP) is 6.29. The van der Waals surface area contributed by atoms with Gasteiger partial charge in [0.15, 0.2) is 5.78 Å². The molecule has 224 valence electrons. The fourth-order valence-electron chi connectivity index (χ4n) is 7.08. The van der Waals surface area contributed by atoms with Gasteiger partial charge < -0.3 is 15.1 Å². The molecule has 3 aromatic rings. The second-order valence-corrected chi connectivity index (χ2v) is 13.2. The highest BCUT2D eigenvalue weighted by molar-refractivity contribution is 7.10. The van der Waals surface area contributed by atoms with Gasteiger partial charge in [-0.25, -0.2) is 0 Å². The molecule has 1 N–H and O–H groups in total. The first-order valence-electron chi connectivity index (χ1n) is 15.4. The zero-order chi connectivity index (χ0) is 29.8. The topological polar surface area (TPSA) is 69.7 Å². The van der Waals surface area contributed by atoms with Crippen LogP contribution in [0.15, 0.2) is 78.2 Å². The van der Waals surface area contributed by atoms with Crippen LogP contribution in [0.4, 0.5) is 0 Å². The Labute approximate surface area is 262 Å². The van der Waals surface area contributed by atoms with Crippen molar-refractivity contribution >= 4 is 46.6 Å². The molecule has 1 saturated carbocycles. The summed E-state index contributed by atoms with van der Waals surface area (Å²) >= 11 is 7.92. The zero-order valence-electron chi connectivity index (χ0n) is 24.2. The number of rotatable bonds is 7. The van der Waals surface area contributed by atoms with E-state index in [0.29, 0.717) is 36.8 Å². The molecule has 8 heteroatoms. The highest BCUT2D eigenvalue weighted by atomic mass is 35.5. The van der Waals surface area contributed by atoms with Crippen molar-refractivity contribution in [2.75, 3.05) is 26.2 Å². The average Bonchev–Trinajstić information content (AvgIpc) is 3.70. The number of piperazine rings is 1. The van der Waals surface area contributed by atoms with E-state index in [2.05, 4.69) is 5.32 Å². The van der Waals surface area contributed by atoms with Crippen LogP contribution in [-0.4, -0.2) is 65.7 Å². The van der Waals surface area contributed by atoms with Gasteiger partial charge in [0, 0.05) is 53.5 Å². The third-order valence-electron chi connectivity index (χ3n) is 9.18. The first-order valence-corrected chi connectivity index (χ1v) is 16.7. The number of ketones is 1. The van der Waals surface area contributed by atoms with E-state index in [1.54, 1.807) is 35.6 Å². The van der Waals surface area contributed by atoms with Gasteiger partial charge in [-0.15, -0.1) is 11.3 Å². The number of amides is 2. The Hall–Kier alpha value is -3.26. The smallest absolute Gasteiger partial charge is 0.246 e. The molecule has 0 bridgehead atoms. The molecule has 2 aromatic carbocycles. The van der Waals surface area contributed by atoms with Crippen LogP contribution < -0.4 is 5.32 Å². The van der Waals surface area contributed by atoms with Crippen molar-refractivity contribution in [3.05, 3.63) is 99.2 Å². The maximum absolute atomic E-state index is 14.7. The maximum Gasteiger partial charge on any atom is 0.246 e. The van der Waals surface area contributed by atoms with E-state index in [4.69, 9.17) is 11.6 Å². The second-order valence-electron chi connectivity index (χ2n) is 11.8. The molecule has 2 aliphatic heterocycles. The van der Waals surface area contributed by atoms with Gasteiger partial charge in [0.2, 0.25) is 11.8 Å². The number of hydrogen-bond donors (Lipinski definition) is 1. The van der Waals surface area contributed by atoms with Crippen LogP contribution in [-0.2, 0) is 9.59 Å². The maximum atomic E-state index is 14.7. The monoisotopic (exact) mass is 615 g/mol. The van der Waals surface area contributed by atoms with E-state index in [-0.39, 0.29) is 23.5 Å². The van der Waals surface area contributed by atoms with Crippen molar-refractivity contribution in [3.8, 4) is 0 Å². The molecule has 3 fully saturated rings. The summed E-state index contributed by atoms with van der Waals surface area (Å²) in [5.74, 6) is -1.44. The molecular formula is C35H38ClN3O3S. The molecule has 2 saturated heterocycles. The lowest BCUT2D eigenvalue weighted by molar-refractivity contribution is -0.148. The lowest BCUT2D eigenvalue weighted by atomic mass is 9.80. The summed E-state index contributed by atoms with van der Waals surface area (Å²) in [5.41, 5.74) is 1.48. The summed E-state index contributed by atoms with van der Waals surface area (Å²) in [6, 6.07) is 19.6. The van der Waals surface area contributed by atoms with Crippen LogP contribution in [0.3, 0.4) is 0 Å². The van der Waals surface area contributed by atoms with Crippen LogP contribution in [0.1, 0.15) is 58.8 Å². The number of Topliss-reactive ketones (excluding diaryl/α,β-unsaturated/α-hetero) is 1. The number of benzene rings is 2. The van der Waals surface area contributed by atoms with Crippen molar-refractivity contribution in [1.29, 1.82) is 0 Å². The van der Waals surface area contributed by atoms with Crippen LogP contribution in [0.2, 0.25) is 5.02 Å². The standard InChI is InChI=1S/C35H38ClN3O3S/c36-27-14-7-13-26(23-27)33(40)30-28(17-16-24-9-3-1-4-10-24)39(34(41)25-11-5-2-6-12-25)32(31(30)29-15-8-22-43-29)35(42)38-20-18-37-19-21-38/h1,3-4,7-10,13-17,22-23,25,28,30-32,37H,2,5-6,11-12,18-21H2. The van der Waals surface area contributed by atoms with Gasteiger partial charge in [-0.05, 0) is 42.0 Å². The Balaban J connectivity index is 1.52. The quantitative estimate of drug-likeness (QED) is 0.317. The van der Waals surface area contributed by atoms with Crippen molar-refractivity contribution in [2.24, 2.45) is 11.8 Å². The normalized spacial score (nSPS) is 24.9. The molecule has 0 spiro atoms. The Morgan fingerprint density at radius 3 is 2.35 bits per heavy atom. The number of thiophene rings is 1. The van der Waals surface area contributed by atoms with E-state index < -0.39 is 23.9 Å². The molecule has 3 aliphatic rings. The third kappa shape index (κ3) is 6.35. The highest BCUT2D eigenvalue weighted by Crippen LogP contribution is 2.48. The van der Waals surface area contributed by atoms with Gasteiger partial charge in [-0.2, -0.15) is 0 Å². The third-order valence-corrected chi connectivity index (χ3v) is 10.4. The number of nitrogens with one attached hydrogen (secondary N) is 1. The zero-order valence-corrected chi connectivity index (χ0v) is 25.8. The van der Waals surface area contributed by atoms with E-state index in [0.717, 1.165) is 42.5 Å². The number of carbonyl (C=O) groups excluding carboxylic acids is 3. The first kappa shape index (κ1) is 29.8. The van der Waals surface area contributed by atoms with Crippen LogP contribution >= 0.6 is 22.9 Å². The summed E-state index contributed by atoms with van der Waals surface area (Å²) in [5, 5.41) is 5.81. The number of nitrogens with zero attached hydrogens (tertiary/aromatic N) is 2. The lowest BCUT2D eigenvalue weighted by Crippen LogP contribution is -2.56. The van der Waals surface area contributed by atoms with Gasteiger partial charge in [0.1, 0.15) is 6.04 Å². The van der Waals surface area contributed by atoms with Crippen molar-refractivity contribution < 1.29 is 14.4 Å². The predicted molar refractivity (Wildman–Crippen MR) is 172 cm³/mol. The molecule has 4 atom stereocenters. The molecular weight excluding hydrogens is 578 g/mol. The summed E-state index contributed by atoms with van der Waals surface area (Å²) in [6.45, 7) is 2.58. The molecule has 6 nitrogen and oxygen atoms in total. The minimum absolute atomic E-state index is 0.00107. The van der Waals surface area contributed by atoms with Gasteiger partial charge >= 0.3 is 0 Å². The van der Waals surface area contributed by atoms with Gasteiger partial charge in [0.25, 0.3) is 0 Å². The minimum atomic E-state index is -0.773. The Kier molecular flexibility index (Phi) is 9.41. The van der Waals surface area contributed by atoms with E-state index in [1.807, 2.05) is 69.8 Å². The molecule has 1 aliphatic carbocycles. The first-order chi connectivity index (χ1) is 21.0. The van der Waals surface area contributed by atoms with Crippen LogP contribution in [0.5, 0.6) is 0 Å². The number of carbonyl (C=O) groups is 3. The summed E-state index contributed by atoms with van der Waals surface area (Å²) < 4.78 is 0. The second kappa shape index (κ2) is 13.6. The molecule has 1 aromatic heterocycles. The van der Waals surface area contributed by atoms with E-state index >= 15 is 0 Å². The van der Waals surface area contributed by atoms with Gasteiger partial charge in [-0.1, -0.05) is 91.5 Å². The lowest BCUT2D eigenvalue weighted by Gasteiger charge is -2.37. The SMILES string of the molecule is O=C(c1cccc(Cl)c1)C1C(c2cccs2)C(C(=O)N2CCNCC2)N(C(=O)C2CCCCC2)C1C=Cc1ccccc1. The molecule has 3 heterocycles. The van der Waals surface area contributed by atoms with Crippen molar-refractivity contribution in [3.63, 3.8) is 0 Å². The largest absolute Gasteiger partial charge is 0.338 e. The highest BCUT2D eigenvalue weighted by Gasteiger charge is 2.57. The van der Waals surface area contributed by atoms with Crippen molar-refractivity contribution in [2.45, 2.75) is 50.1 Å². The summed E-state index contributed by atoms with van der Waals surface area (Å²) in [6.07, 6.45) is 8.75. The Bertz CT molecular complexity index is 1450. The molecule has 0 radical (unpaired) electrons. The van der Waals surface area contributed by atoms with Gasteiger partial charge in [-0.3, -0.25) is 14.4 Å². The van der Waals surface area contributed by atoms with E-state index in [1.165, 1.54) is 0 Å². The number of hydrogen-bond acceptors (Lipinski definition) is 5. The van der Waals surface area contributed by atoms with Gasteiger partial charge in [0.05, 0.1) is 12.0 Å². The fraction of sp³-hybridized carbons (Fsp3) is 0.400. The van der Waals surface area contributed by atoms with Crippen LogP contribution in [0.25, 0.3) is 6.08 Å². The molecule has 6 rings (SSSR count).